The van der Waals surface area contributed by atoms with Crippen LogP contribution in [0.1, 0.15) is 23.5 Å². The van der Waals surface area contributed by atoms with Crippen LogP contribution in [0.15, 0.2) is 18.5 Å². The number of amides is 1. The molecule has 2 heterocycles. The molecule has 0 aliphatic carbocycles. The Kier molecular flexibility index (Phi) is 3.42. The van der Waals surface area contributed by atoms with Crippen molar-refractivity contribution in [3.8, 4) is 0 Å². The van der Waals surface area contributed by atoms with Gasteiger partial charge in [-0.25, -0.2) is 4.79 Å². The van der Waals surface area contributed by atoms with Crippen molar-refractivity contribution in [2.75, 3.05) is 11.1 Å². The van der Waals surface area contributed by atoms with Gasteiger partial charge in [0.25, 0.3) is 0 Å². The summed E-state index contributed by atoms with van der Waals surface area (Å²) in [6.45, 7) is 1.62. The Bertz CT molecular complexity index is 659. The lowest BCUT2D eigenvalue weighted by Crippen LogP contribution is -2.24. The highest BCUT2D eigenvalue weighted by molar-refractivity contribution is 6.00. The number of nitrogens with two attached hydrogens (primary N) is 1. The number of nitrogens with one attached hydrogen (secondary N) is 1. The average Bonchev–Trinajstić information content (AvgIpc) is 2.94. The highest BCUT2D eigenvalue weighted by Crippen LogP contribution is 2.16. The summed E-state index contributed by atoms with van der Waals surface area (Å²) in [5.41, 5.74) is 5.40. The highest BCUT2D eigenvalue weighted by Gasteiger charge is 2.21. The van der Waals surface area contributed by atoms with Crippen molar-refractivity contribution in [1.82, 2.24) is 19.6 Å². The molecule has 1 unspecified atom stereocenters. The van der Waals surface area contributed by atoms with E-state index in [1.807, 2.05) is 0 Å². The first kappa shape index (κ1) is 13.6. The number of nitrogen functional groups attached to an aromatic ring is 1. The summed E-state index contributed by atoms with van der Waals surface area (Å²) in [5, 5.41) is 19.2. The van der Waals surface area contributed by atoms with E-state index in [2.05, 4.69) is 15.5 Å². The number of carboxylic acid groups (broad SMARTS) is 1. The van der Waals surface area contributed by atoms with Crippen LogP contribution in [-0.2, 0) is 11.8 Å². The summed E-state index contributed by atoms with van der Waals surface area (Å²) in [5.74, 6) is -1.32. The van der Waals surface area contributed by atoms with Gasteiger partial charge in [-0.05, 0) is 13.0 Å². The molecule has 0 fully saturated rings. The fraction of sp³-hybridized carbons (Fsp3) is 0.273. The van der Waals surface area contributed by atoms with Gasteiger partial charge in [0.1, 0.15) is 11.9 Å². The molecule has 0 radical (unpaired) electrons. The molecular weight excluding hydrogens is 264 g/mol. The van der Waals surface area contributed by atoms with Crippen molar-refractivity contribution in [3.05, 3.63) is 24.2 Å². The van der Waals surface area contributed by atoms with Gasteiger partial charge >= 0.3 is 5.97 Å². The molecule has 2 aromatic heterocycles. The molecule has 0 aliphatic rings. The van der Waals surface area contributed by atoms with Gasteiger partial charge in [0.05, 0.1) is 5.69 Å². The van der Waals surface area contributed by atoms with Gasteiger partial charge in [0.2, 0.25) is 5.91 Å². The van der Waals surface area contributed by atoms with Crippen molar-refractivity contribution >= 4 is 23.4 Å². The molecule has 9 heteroatoms. The normalized spacial score (nSPS) is 12.1. The molecule has 2 rings (SSSR count). The topological polar surface area (TPSA) is 128 Å². The molecule has 106 valence electrons. The summed E-state index contributed by atoms with van der Waals surface area (Å²) in [7, 11) is 1.57. The lowest BCUT2D eigenvalue weighted by atomic mass is 10.3. The maximum Gasteiger partial charge on any atom is 0.358 e. The predicted molar refractivity (Wildman–Crippen MR) is 70.1 cm³/mol. The van der Waals surface area contributed by atoms with Crippen molar-refractivity contribution in [2.45, 2.75) is 13.0 Å². The average molecular weight is 278 g/mol. The first-order valence-corrected chi connectivity index (χ1v) is 5.77. The minimum Gasteiger partial charge on any atom is -0.476 e. The third kappa shape index (κ3) is 2.60. The number of anilines is 2. The van der Waals surface area contributed by atoms with Crippen LogP contribution in [0, 0.1) is 0 Å². The van der Waals surface area contributed by atoms with Crippen LogP contribution in [0.25, 0.3) is 0 Å². The van der Waals surface area contributed by atoms with Gasteiger partial charge in [-0.3, -0.25) is 14.2 Å². The quantitative estimate of drug-likeness (QED) is 0.727. The Morgan fingerprint density at radius 1 is 1.45 bits per heavy atom. The summed E-state index contributed by atoms with van der Waals surface area (Å²) < 4.78 is 2.71. The molecule has 9 nitrogen and oxygen atoms in total. The van der Waals surface area contributed by atoms with Crippen molar-refractivity contribution < 1.29 is 14.7 Å². The van der Waals surface area contributed by atoms with Crippen molar-refractivity contribution in [1.29, 1.82) is 0 Å². The number of rotatable bonds is 4. The van der Waals surface area contributed by atoms with E-state index in [1.54, 1.807) is 26.2 Å². The molecule has 2 aromatic rings. The minimum absolute atomic E-state index is 0.136. The number of aromatic nitrogens is 4. The minimum atomic E-state index is -1.21. The van der Waals surface area contributed by atoms with Gasteiger partial charge in [-0.1, -0.05) is 0 Å². The summed E-state index contributed by atoms with van der Waals surface area (Å²) in [6, 6.07) is 0.936. The number of carboxylic acids is 1. The number of carbonyl (C=O) groups excluding carboxylic acids is 1. The molecule has 0 aromatic carbocycles. The third-order valence-corrected chi connectivity index (χ3v) is 2.69. The van der Waals surface area contributed by atoms with Crippen LogP contribution in [0.3, 0.4) is 0 Å². The van der Waals surface area contributed by atoms with E-state index in [0.29, 0.717) is 5.82 Å². The molecule has 0 bridgehead atoms. The Morgan fingerprint density at radius 3 is 2.70 bits per heavy atom. The number of aryl methyl sites for hydroxylation is 1. The first-order valence-electron chi connectivity index (χ1n) is 5.77. The Morgan fingerprint density at radius 2 is 2.15 bits per heavy atom. The van der Waals surface area contributed by atoms with E-state index in [9.17, 15) is 9.59 Å². The molecular formula is C11H14N6O3. The monoisotopic (exact) mass is 278 g/mol. The van der Waals surface area contributed by atoms with E-state index in [1.165, 1.54) is 15.6 Å². The molecule has 0 saturated heterocycles. The van der Waals surface area contributed by atoms with Gasteiger partial charge in [0, 0.05) is 19.4 Å². The van der Waals surface area contributed by atoms with Crippen molar-refractivity contribution in [2.24, 2.45) is 7.05 Å². The molecule has 4 N–H and O–H groups in total. The highest BCUT2D eigenvalue weighted by atomic mass is 16.4. The summed E-state index contributed by atoms with van der Waals surface area (Å²) in [6.07, 6.45) is 2.99. The van der Waals surface area contributed by atoms with Gasteiger partial charge in [-0.2, -0.15) is 10.2 Å². The number of hydrogen-bond acceptors (Lipinski definition) is 5. The van der Waals surface area contributed by atoms with E-state index in [-0.39, 0.29) is 11.4 Å². The van der Waals surface area contributed by atoms with Gasteiger partial charge in [-0.15, -0.1) is 0 Å². The fourth-order valence-corrected chi connectivity index (χ4v) is 1.66. The van der Waals surface area contributed by atoms with Crippen LogP contribution in [0.5, 0.6) is 0 Å². The summed E-state index contributed by atoms with van der Waals surface area (Å²) >= 11 is 0. The molecule has 1 amide bonds. The number of carbonyl (C=O) groups is 2. The van der Waals surface area contributed by atoms with Crippen LogP contribution in [-0.4, -0.2) is 36.5 Å². The fourth-order valence-electron chi connectivity index (χ4n) is 1.66. The predicted octanol–water partition coefficient (Wildman–Crippen LogP) is 0.0967. The largest absolute Gasteiger partial charge is 0.476 e. The Hall–Kier alpha value is -2.84. The number of aromatic carboxylic acids is 1. The lowest BCUT2D eigenvalue weighted by Gasteiger charge is -2.11. The maximum absolute atomic E-state index is 12.1. The molecule has 1 atom stereocenters. The summed E-state index contributed by atoms with van der Waals surface area (Å²) in [4.78, 5) is 23.1. The molecule has 0 spiro atoms. The second kappa shape index (κ2) is 5.03. The molecule has 0 saturated carbocycles. The van der Waals surface area contributed by atoms with Crippen LogP contribution < -0.4 is 11.1 Å². The Balaban J connectivity index is 2.17. The number of hydrogen-bond donors (Lipinski definition) is 3. The zero-order valence-electron chi connectivity index (χ0n) is 10.9. The first-order chi connectivity index (χ1) is 9.38. The lowest BCUT2D eigenvalue weighted by molar-refractivity contribution is -0.119. The second-order valence-corrected chi connectivity index (χ2v) is 4.26. The molecule has 0 aliphatic heterocycles. The smallest absolute Gasteiger partial charge is 0.358 e. The standard InChI is InChI=1S/C11H14N6O3/c1-6(17-4-3-8(12)14-17)10(18)13-7-5-16(2)15-9(7)11(19)20/h3-6H,1-2H3,(H2,12,14)(H,13,18)(H,19,20). The van der Waals surface area contributed by atoms with Crippen LogP contribution >= 0.6 is 0 Å². The van der Waals surface area contributed by atoms with Crippen LogP contribution in [0.4, 0.5) is 11.5 Å². The van der Waals surface area contributed by atoms with E-state index >= 15 is 0 Å². The van der Waals surface area contributed by atoms with Gasteiger partial charge in [0.15, 0.2) is 5.69 Å². The van der Waals surface area contributed by atoms with Gasteiger partial charge < -0.3 is 16.2 Å². The van der Waals surface area contributed by atoms with E-state index in [4.69, 9.17) is 10.8 Å². The zero-order chi connectivity index (χ0) is 14.9. The van der Waals surface area contributed by atoms with Crippen LogP contribution in [0.2, 0.25) is 0 Å². The maximum atomic E-state index is 12.1. The zero-order valence-corrected chi connectivity index (χ0v) is 10.9. The van der Waals surface area contributed by atoms with E-state index in [0.717, 1.165) is 0 Å². The van der Waals surface area contributed by atoms with E-state index < -0.39 is 17.9 Å². The second-order valence-electron chi connectivity index (χ2n) is 4.26. The molecule has 20 heavy (non-hydrogen) atoms. The Labute approximate surface area is 114 Å². The van der Waals surface area contributed by atoms with Crippen molar-refractivity contribution in [3.63, 3.8) is 0 Å². The third-order valence-electron chi connectivity index (χ3n) is 2.69. The SMILES string of the molecule is CC(C(=O)Nc1cn(C)nc1C(=O)O)n1ccc(N)n1. The number of nitrogens with zero attached hydrogens (tertiary/aromatic N) is 4.